The van der Waals surface area contributed by atoms with Crippen molar-refractivity contribution in [2.75, 3.05) is 13.7 Å². The van der Waals surface area contributed by atoms with E-state index in [1.807, 2.05) is 0 Å². The number of rotatable bonds is 5. The molecule has 5 nitrogen and oxygen atoms in total. The van der Waals surface area contributed by atoms with Crippen molar-refractivity contribution in [1.82, 2.24) is 5.32 Å². The summed E-state index contributed by atoms with van der Waals surface area (Å²) in [6.45, 7) is 3.79. The lowest BCUT2D eigenvalue weighted by Gasteiger charge is -2.08. The van der Waals surface area contributed by atoms with Crippen LogP contribution in [0.3, 0.4) is 0 Å². The lowest BCUT2D eigenvalue weighted by molar-refractivity contribution is -0.143. The molecule has 0 unspecified atom stereocenters. The van der Waals surface area contributed by atoms with E-state index in [0.29, 0.717) is 6.54 Å². The van der Waals surface area contributed by atoms with E-state index >= 15 is 0 Å². The number of carbonyl (C=O) groups excluding carboxylic acids is 2. The molecule has 0 aromatic heterocycles. The quantitative estimate of drug-likeness (QED) is 0.434. The molecule has 0 saturated carbocycles. The van der Waals surface area contributed by atoms with Gasteiger partial charge in [-0.25, -0.2) is 0 Å². The summed E-state index contributed by atoms with van der Waals surface area (Å²) in [5, 5.41) is 2.50. The van der Waals surface area contributed by atoms with Gasteiger partial charge in [0.1, 0.15) is 6.04 Å². The van der Waals surface area contributed by atoms with Crippen LogP contribution in [0.25, 0.3) is 0 Å². The maximum atomic E-state index is 11.0. The van der Waals surface area contributed by atoms with Crippen molar-refractivity contribution >= 4 is 11.9 Å². The van der Waals surface area contributed by atoms with Crippen molar-refractivity contribution in [2.45, 2.75) is 12.5 Å². The molecule has 1 amide bonds. The molecule has 0 aromatic carbocycles. The summed E-state index contributed by atoms with van der Waals surface area (Å²) in [7, 11) is 1.23. The fraction of sp³-hybridized carbons (Fsp3) is 0.500. The molecular weight excluding hydrogens is 172 g/mol. The van der Waals surface area contributed by atoms with Crippen LogP contribution in [0.15, 0.2) is 12.7 Å². The maximum absolute atomic E-state index is 11.0. The highest BCUT2D eigenvalue weighted by atomic mass is 16.5. The summed E-state index contributed by atoms with van der Waals surface area (Å²) in [5.74, 6) is -0.883. The third-order valence-corrected chi connectivity index (χ3v) is 1.35. The molecule has 0 aromatic rings. The van der Waals surface area contributed by atoms with E-state index in [1.54, 1.807) is 6.08 Å². The minimum absolute atomic E-state index is 0.0689. The molecule has 3 N–H and O–H groups in total. The maximum Gasteiger partial charge on any atom is 0.323 e. The third kappa shape index (κ3) is 4.97. The van der Waals surface area contributed by atoms with Crippen molar-refractivity contribution in [3.8, 4) is 0 Å². The number of esters is 1. The normalized spacial score (nSPS) is 11.5. The largest absolute Gasteiger partial charge is 0.468 e. The second kappa shape index (κ2) is 6.19. The number of hydrogen-bond acceptors (Lipinski definition) is 4. The zero-order valence-corrected chi connectivity index (χ0v) is 7.58. The summed E-state index contributed by atoms with van der Waals surface area (Å²) < 4.78 is 4.35. The first-order valence-corrected chi connectivity index (χ1v) is 3.82. The Morgan fingerprint density at radius 3 is 2.77 bits per heavy atom. The Hall–Kier alpha value is -1.36. The summed E-state index contributed by atoms with van der Waals surface area (Å²) in [6.07, 6.45) is 1.47. The Morgan fingerprint density at radius 2 is 2.31 bits per heavy atom. The van der Waals surface area contributed by atoms with Crippen LogP contribution in [-0.4, -0.2) is 31.6 Å². The van der Waals surface area contributed by atoms with Gasteiger partial charge in [-0.1, -0.05) is 6.08 Å². The highest BCUT2D eigenvalue weighted by molar-refractivity contribution is 5.85. The number of nitrogens with two attached hydrogens (primary N) is 1. The van der Waals surface area contributed by atoms with E-state index in [0.717, 1.165) is 0 Å². The van der Waals surface area contributed by atoms with Gasteiger partial charge in [-0.05, 0) is 0 Å². The summed E-state index contributed by atoms with van der Waals surface area (Å²) >= 11 is 0. The molecule has 0 aliphatic heterocycles. The van der Waals surface area contributed by atoms with Crippen LogP contribution in [0.2, 0.25) is 0 Å². The summed E-state index contributed by atoms with van der Waals surface area (Å²) in [5.41, 5.74) is 5.34. The van der Waals surface area contributed by atoms with Crippen LogP contribution in [0.1, 0.15) is 6.42 Å². The minimum Gasteiger partial charge on any atom is -0.468 e. The van der Waals surface area contributed by atoms with Crippen molar-refractivity contribution in [1.29, 1.82) is 0 Å². The number of methoxy groups -OCH3 is 1. The number of carbonyl (C=O) groups is 2. The van der Waals surface area contributed by atoms with Gasteiger partial charge in [0, 0.05) is 6.54 Å². The smallest absolute Gasteiger partial charge is 0.323 e. The molecule has 0 bridgehead atoms. The molecule has 0 saturated heterocycles. The lowest BCUT2D eigenvalue weighted by Crippen LogP contribution is -2.37. The molecular formula is C8H14N2O3. The second-order valence-corrected chi connectivity index (χ2v) is 2.43. The first kappa shape index (κ1) is 11.6. The van der Waals surface area contributed by atoms with Gasteiger partial charge in [0.05, 0.1) is 13.5 Å². The Labute approximate surface area is 76.9 Å². The van der Waals surface area contributed by atoms with Crippen molar-refractivity contribution < 1.29 is 14.3 Å². The molecule has 1 atom stereocenters. The molecule has 0 rings (SSSR count). The Balaban J connectivity index is 3.77. The average Bonchev–Trinajstić information content (AvgIpc) is 2.13. The average molecular weight is 186 g/mol. The van der Waals surface area contributed by atoms with Gasteiger partial charge in [0.2, 0.25) is 5.91 Å². The fourth-order valence-corrected chi connectivity index (χ4v) is 0.693. The zero-order valence-electron chi connectivity index (χ0n) is 7.58. The number of ether oxygens (including phenoxy) is 1. The molecule has 0 aliphatic rings. The Morgan fingerprint density at radius 1 is 1.69 bits per heavy atom. The lowest BCUT2D eigenvalue weighted by atomic mass is 10.2. The van der Waals surface area contributed by atoms with Gasteiger partial charge in [-0.15, -0.1) is 6.58 Å². The Bertz CT molecular complexity index is 204. The van der Waals surface area contributed by atoms with E-state index in [-0.39, 0.29) is 12.3 Å². The van der Waals surface area contributed by atoms with E-state index in [1.165, 1.54) is 7.11 Å². The van der Waals surface area contributed by atoms with Gasteiger partial charge in [0.15, 0.2) is 0 Å². The van der Waals surface area contributed by atoms with Crippen molar-refractivity contribution in [2.24, 2.45) is 5.73 Å². The molecule has 0 fully saturated rings. The monoisotopic (exact) mass is 186 g/mol. The van der Waals surface area contributed by atoms with E-state index in [9.17, 15) is 9.59 Å². The molecule has 74 valence electrons. The summed E-state index contributed by atoms with van der Waals surface area (Å²) in [6, 6.07) is -0.894. The van der Waals surface area contributed by atoms with Crippen LogP contribution in [0.4, 0.5) is 0 Å². The van der Waals surface area contributed by atoms with E-state index < -0.39 is 12.0 Å². The molecule has 5 heteroatoms. The van der Waals surface area contributed by atoms with Crippen LogP contribution in [0, 0.1) is 0 Å². The highest BCUT2D eigenvalue weighted by Crippen LogP contribution is 1.90. The number of hydrogen-bond donors (Lipinski definition) is 2. The molecule has 0 heterocycles. The van der Waals surface area contributed by atoms with Crippen LogP contribution in [-0.2, 0) is 14.3 Å². The molecule has 0 spiro atoms. The SMILES string of the molecule is C=CCNC(=O)C[C@H](N)C(=O)OC. The van der Waals surface area contributed by atoms with Gasteiger partial charge < -0.3 is 15.8 Å². The third-order valence-electron chi connectivity index (χ3n) is 1.35. The predicted molar refractivity (Wildman–Crippen MR) is 47.8 cm³/mol. The van der Waals surface area contributed by atoms with Gasteiger partial charge in [-0.3, -0.25) is 9.59 Å². The molecule has 0 aliphatic carbocycles. The second-order valence-electron chi connectivity index (χ2n) is 2.43. The standard InChI is InChI=1S/C8H14N2O3/c1-3-4-10-7(11)5-6(9)8(12)13-2/h3,6H,1,4-5,9H2,2H3,(H,10,11)/t6-/m0/s1. The van der Waals surface area contributed by atoms with Gasteiger partial charge >= 0.3 is 5.97 Å². The zero-order chi connectivity index (χ0) is 10.3. The predicted octanol–water partition coefficient (Wildman–Crippen LogP) is -0.821. The number of nitrogens with one attached hydrogen (secondary N) is 1. The van der Waals surface area contributed by atoms with Crippen molar-refractivity contribution in [3.63, 3.8) is 0 Å². The van der Waals surface area contributed by atoms with Gasteiger partial charge in [0.25, 0.3) is 0 Å². The highest BCUT2D eigenvalue weighted by Gasteiger charge is 2.16. The van der Waals surface area contributed by atoms with Crippen LogP contribution >= 0.6 is 0 Å². The minimum atomic E-state index is -0.894. The summed E-state index contributed by atoms with van der Waals surface area (Å²) in [4.78, 5) is 21.8. The number of amides is 1. The van der Waals surface area contributed by atoms with Crippen molar-refractivity contribution in [3.05, 3.63) is 12.7 Å². The van der Waals surface area contributed by atoms with Crippen LogP contribution < -0.4 is 11.1 Å². The molecule has 13 heavy (non-hydrogen) atoms. The molecule has 0 radical (unpaired) electrons. The Kier molecular flexibility index (Phi) is 5.54. The fourth-order valence-electron chi connectivity index (χ4n) is 0.693. The first-order valence-electron chi connectivity index (χ1n) is 3.82. The topological polar surface area (TPSA) is 81.4 Å². The van der Waals surface area contributed by atoms with E-state index in [4.69, 9.17) is 5.73 Å². The first-order chi connectivity index (χ1) is 6.11. The van der Waals surface area contributed by atoms with E-state index in [2.05, 4.69) is 16.6 Å². The van der Waals surface area contributed by atoms with Crippen LogP contribution in [0.5, 0.6) is 0 Å². The van der Waals surface area contributed by atoms with Gasteiger partial charge in [-0.2, -0.15) is 0 Å².